The first-order chi connectivity index (χ1) is 8.17. The van der Waals surface area contributed by atoms with Crippen molar-refractivity contribution in [3.05, 3.63) is 23.1 Å². The van der Waals surface area contributed by atoms with Crippen molar-refractivity contribution in [2.75, 3.05) is 6.54 Å². The van der Waals surface area contributed by atoms with Gasteiger partial charge in [0.15, 0.2) is 0 Å². The van der Waals surface area contributed by atoms with Crippen molar-refractivity contribution in [2.24, 2.45) is 5.41 Å². The van der Waals surface area contributed by atoms with Gasteiger partial charge in [0, 0.05) is 6.54 Å². The highest BCUT2D eigenvalue weighted by Gasteiger charge is 2.32. The van der Waals surface area contributed by atoms with E-state index in [1.54, 1.807) is 6.07 Å². The van der Waals surface area contributed by atoms with E-state index in [-0.39, 0.29) is 11.1 Å². The van der Waals surface area contributed by atoms with Gasteiger partial charge < -0.3 is 9.73 Å². The maximum atomic E-state index is 11.9. The van der Waals surface area contributed by atoms with Gasteiger partial charge in [-0.15, -0.1) is 0 Å². The van der Waals surface area contributed by atoms with Crippen LogP contribution in [-0.4, -0.2) is 12.5 Å². The molecule has 0 bridgehead atoms. The summed E-state index contributed by atoms with van der Waals surface area (Å²) < 4.78 is 4.91. The van der Waals surface area contributed by atoms with Crippen molar-refractivity contribution in [1.82, 2.24) is 5.32 Å². The SMILES string of the molecule is CCC1(CNC(=O)c2ccoc2Cl)CCCC1. The van der Waals surface area contributed by atoms with Crippen LogP contribution in [0.15, 0.2) is 16.7 Å². The summed E-state index contributed by atoms with van der Waals surface area (Å²) in [7, 11) is 0. The number of nitrogens with one attached hydrogen (secondary N) is 1. The second-order valence-corrected chi connectivity index (χ2v) is 5.19. The fraction of sp³-hybridized carbons (Fsp3) is 0.615. The number of amides is 1. The lowest BCUT2D eigenvalue weighted by Crippen LogP contribution is -2.35. The first kappa shape index (κ1) is 12.5. The molecule has 3 nitrogen and oxygen atoms in total. The number of furan rings is 1. The Balaban J connectivity index is 1.94. The van der Waals surface area contributed by atoms with Crippen LogP contribution in [-0.2, 0) is 0 Å². The summed E-state index contributed by atoms with van der Waals surface area (Å²) in [6.45, 7) is 2.94. The zero-order valence-corrected chi connectivity index (χ0v) is 10.8. The van der Waals surface area contributed by atoms with Gasteiger partial charge in [0.2, 0.25) is 5.22 Å². The van der Waals surface area contributed by atoms with Gasteiger partial charge >= 0.3 is 0 Å². The molecule has 1 amide bonds. The van der Waals surface area contributed by atoms with E-state index in [2.05, 4.69) is 12.2 Å². The standard InChI is InChI=1S/C13H18ClNO2/c1-2-13(6-3-4-7-13)9-15-12(16)10-5-8-17-11(10)14/h5,8H,2-4,6-7,9H2,1H3,(H,15,16). The second kappa shape index (κ2) is 5.13. The third-order valence-electron chi connectivity index (χ3n) is 3.90. The number of hydrogen-bond acceptors (Lipinski definition) is 2. The van der Waals surface area contributed by atoms with Crippen molar-refractivity contribution >= 4 is 17.5 Å². The Labute approximate surface area is 107 Å². The molecule has 4 heteroatoms. The molecular formula is C13H18ClNO2. The lowest BCUT2D eigenvalue weighted by Gasteiger charge is -2.27. The van der Waals surface area contributed by atoms with Crippen LogP contribution in [0.2, 0.25) is 5.22 Å². The first-order valence-corrected chi connectivity index (χ1v) is 6.56. The molecule has 0 atom stereocenters. The minimum absolute atomic E-state index is 0.136. The summed E-state index contributed by atoms with van der Waals surface area (Å²) in [5.41, 5.74) is 0.724. The van der Waals surface area contributed by atoms with Crippen LogP contribution in [0.25, 0.3) is 0 Å². The molecule has 0 radical (unpaired) electrons. The van der Waals surface area contributed by atoms with Crippen LogP contribution in [0.3, 0.4) is 0 Å². The average molecular weight is 256 g/mol. The van der Waals surface area contributed by atoms with Gasteiger partial charge in [-0.25, -0.2) is 0 Å². The fourth-order valence-corrected chi connectivity index (χ4v) is 2.80. The van der Waals surface area contributed by atoms with Gasteiger partial charge in [0.25, 0.3) is 5.91 Å². The van der Waals surface area contributed by atoms with Gasteiger partial charge in [0.05, 0.1) is 11.8 Å². The number of carbonyl (C=O) groups is 1. The van der Waals surface area contributed by atoms with E-state index < -0.39 is 0 Å². The van der Waals surface area contributed by atoms with E-state index >= 15 is 0 Å². The molecule has 0 spiro atoms. The lowest BCUT2D eigenvalue weighted by atomic mass is 9.83. The van der Waals surface area contributed by atoms with Crippen LogP contribution in [0.5, 0.6) is 0 Å². The van der Waals surface area contributed by atoms with Crippen molar-refractivity contribution in [3.8, 4) is 0 Å². The highest BCUT2D eigenvalue weighted by atomic mass is 35.5. The van der Waals surface area contributed by atoms with E-state index in [9.17, 15) is 4.79 Å². The molecule has 1 aromatic heterocycles. The summed E-state index contributed by atoms with van der Waals surface area (Å²) in [4.78, 5) is 11.9. The smallest absolute Gasteiger partial charge is 0.256 e. The van der Waals surface area contributed by atoms with Gasteiger partial charge in [-0.1, -0.05) is 19.8 Å². The molecule has 0 unspecified atom stereocenters. The average Bonchev–Trinajstić information content (AvgIpc) is 2.95. The van der Waals surface area contributed by atoms with Gasteiger partial charge in [-0.05, 0) is 42.3 Å². The van der Waals surface area contributed by atoms with E-state index in [4.69, 9.17) is 16.0 Å². The summed E-state index contributed by atoms with van der Waals surface area (Å²) in [6, 6.07) is 1.60. The Morgan fingerprint density at radius 1 is 1.53 bits per heavy atom. The summed E-state index contributed by atoms with van der Waals surface area (Å²) in [5, 5.41) is 3.14. The van der Waals surface area contributed by atoms with Crippen LogP contribution in [0, 0.1) is 5.41 Å². The van der Waals surface area contributed by atoms with Crippen LogP contribution < -0.4 is 5.32 Å². The number of hydrogen-bond donors (Lipinski definition) is 1. The first-order valence-electron chi connectivity index (χ1n) is 6.18. The van der Waals surface area contributed by atoms with Crippen LogP contribution >= 0.6 is 11.6 Å². The van der Waals surface area contributed by atoms with Crippen LogP contribution in [0.4, 0.5) is 0 Å². The van der Waals surface area contributed by atoms with E-state index in [0.717, 1.165) is 13.0 Å². The Kier molecular flexibility index (Phi) is 3.77. The Hall–Kier alpha value is -0.960. The van der Waals surface area contributed by atoms with Crippen molar-refractivity contribution < 1.29 is 9.21 Å². The van der Waals surface area contributed by atoms with Gasteiger partial charge in [-0.3, -0.25) is 4.79 Å². The fourth-order valence-electron chi connectivity index (χ4n) is 2.60. The molecule has 0 saturated heterocycles. The highest BCUT2D eigenvalue weighted by Crippen LogP contribution is 2.40. The second-order valence-electron chi connectivity index (χ2n) is 4.85. The highest BCUT2D eigenvalue weighted by molar-refractivity contribution is 6.32. The molecule has 1 aliphatic carbocycles. The number of halogens is 1. The predicted octanol–water partition coefficient (Wildman–Crippen LogP) is 3.63. The molecule has 0 aliphatic heterocycles. The molecule has 1 aromatic rings. The van der Waals surface area contributed by atoms with E-state index in [1.807, 2.05) is 0 Å². The minimum Gasteiger partial charge on any atom is -0.452 e. The van der Waals surface area contributed by atoms with Crippen molar-refractivity contribution in [3.63, 3.8) is 0 Å². The molecule has 17 heavy (non-hydrogen) atoms. The molecule has 1 aliphatic rings. The Morgan fingerprint density at radius 3 is 2.76 bits per heavy atom. The van der Waals surface area contributed by atoms with E-state index in [0.29, 0.717) is 11.0 Å². The maximum Gasteiger partial charge on any atom is 0.256 e. The van der Waals surface area contributed by atoms with Crippen molar-refractivity contribution in [2.45, 2.75) is 39.0 Å². The van der Waals surface area contributed by atoms with Gasteiger partial charge in [0.1, 0.15) is 0 Å². The molecule has 1 saturated carbocycles. The molecule has 1 fully saturated rings. The normalized spacial score (nSPS) is 18.2. The molecular weight excluding hydrogens is 238 g/mol. The summed E-state index contributed by atoms with van der Waals surface area (Å²) >= 11 is 5.77. The largest absolute Gasteiger partial charge is 0.452 e. The van der Waals surface area contributed by atoms with Gasteiger partial charge in [-0.2, -0.15) is 0 Å². The monoisotopic (exact) mass is 255 g/mol. The van der Waals surface area contributed by atoms with Crippen molar-refractivity contribution in [1.29, 1.82) is 0 Å². The maximum absolute atomic E-state index is 11.9. The zero-order chi connectivity index (χ0) is 12.3. The number of carbonyl (C=O) groups excluding carboxylic acids is 1. The molecule has 2 rings (SSSR count). The molecule has 1 heterocycles. The Bertz CT molecular complexity index is 394. The summed E-state index contributed by atoms with van der Waals surface area (Å²) in [5.74, 6) is -0.136. The Morgan fingerprint density at radius 2 is 2.24 bits per heavy atom. The molecule has 0 aromatic carbocycles. The summed E-state index contributed by atoms with van der Waals surface area (Å²) in [6.07, 6.45) is 7.52. The van der Waals surface area contributed by atoms with Crippen LogP contribution in [0.1, 0.15) is 49.4 Å². The quantitative estimate of drug-likeness (QED) is 0.893. The zero-order valence-electron chi connectivity index (χ0n) is 10.1. The lowest BCUT2D eigenvalue weighted by molar-refractivity contribution is 0.0928. The number of rotatable bonds is 4. The third kappa shape index (κ3) is 2.65. The third-order valence-corrected chi connectivity index (χ3v) is 4.19. The minimum atomic E-state index is -0.136. The predicted molar refractivity (Wildman–Crippen MR) is 67.2 cm³/mol. The topological polar surface area (TPSA) is 42.2 Å². The molecule has 1 N–H and O–H groups in total. The van der Waals surface area contributed by atoms with E-state index in [1.165, 1.54) is 31.9 Å². The molecule has 94 valence electrons.